The molecule has 0 unspecified atom stereocenters. The number of fused-ring (bicyclic) bond motifs is 1. The molecule has 0 bridgehead atoms. The van der Waals surface area contributed by atoms with Gasteiger partial charge in [0.25, 0.3) is 0 Å². The van der Waals surface area contributed by atoms with E-state index in [1.807, 2.05) is 18.3 Å². The average Bonchev–Trinajstić information content (AvgIpc) is 2.64. The molecule has 1 N–H and O–H groups in total. The molecule has 1 heterocycles. The molecule has 1 aliphatic rings. The SMILES string of the molecule is CCN(CC)C1CCC(Nc2ccnc3ccc(OC)cc23)CC1. The van der Waals surface area contributed by atoms with E-state index in [0.29, 0.717) is 6.04 Å². The maximum atomic E-state index is 5.37. The number of rotatable bonds is 6. The fraction of sp³-hybridized carbons (Fsp3) is 0.550. The Balaban J connectivity index is 1.70. The zero-order valence-electron chi connectivity index (χ0n) is 15.1. The molecule has 24 heavy (non-hydrogen) atoms. The van der Waals surface area contributed by atoms with Gasteiger partial charge in [-0.2, -0.15) is 0 Å². The molecule has 2 aromatic rings. The molecule has 0 saturated heterocycles. The molecule has 1 fully saturated rings. The van der Waals surface area contributed by atoms with Gasteiger partial charge < -0.3 is 15.0 Å². The van der Waals surface area contributed by atoms with Gasteiger partial charge in [-0.05, 0) is 63.0 Å². The summed E-state index contributed by atoms with van der Waals surface area (Å²) in [7, 11) is 1.71. The summed E-state index contributed by atoms with van der Waals surface area (Å²) in [6, 6.07) is 9.45. The second-order valence-corrected chi connectivity index (χ2v) is 6.61. The number of nitrogens with zero attached hydrogens (tertiary/aromatic N) is 2. The lowest BCUT2D eigenvalue weighted by atomic mass is 9.90. The number of anilines is 1. The van der Waals surface area contributed by atoms with E-state index >= 15 is 0 Å². The lowest BCUT2D eigenvalue weighted by molar-refractivity contribution is 0.167. The minimum absolute atomic E-state index is 0.550. The highest BCUT2D eigenvalue weighted by atomic mass is 16.5. The molecule has 0 aliphatic heterocycles. The van der Waals surface area contributed by atoms with Gasteiger partial charge in [-0.15, -0.1) is 0 Å². The van der Waals surface area contributed by atoms with Crippen molar-refractivity contribution in [3.63, 3.8) is 0 Å². The summed E-state index contributed by atoms with van der Waals surface area (Å²) < 4.78 is 5.37. The monoisotopic (exact) mass is 327 g/mol. The summed E-state index contributed by atoms with van der Waals surface area (Å²) in [4.78, 5) is 7.07. The number of ether oxygens (including phenoxy) is 1. The van der Waals surface area contributed by atoms with Crippen molar-refractivity contribution >= 4 is 16.6 Å². The second kappa shape index (κ2) is 7.84. The number of hydrogen-bond donors (Lipinski definition) is 1. The van der Waals surface area contributed by atoms with Crippen molar-refractivity contribution < 1.29 is 4.74 Å². The number of aromatic nitrogens is 1. The van der Waals surface area contributed by atoms with Gasteiger partial charge in [-0.25, -0.2) is 0 Å². The molecule has 0 amide bonds. The predicted molar refractivity (Wildman–Crippen MR) is 101 cm³/mol. The van der Waals surface area contributed by atoms with E-state index in [9.17, 15) is 0 Å². The van der Waals surface area contributed by atoms with Crippen molar-refractivity contribution in [1.29, 1.82) is 0 Å². The Morgan fingerprint density at radius 2 is 1.88 bits per heavy atom. The molecule has 4 nitrogen and oxygen atoms in total. The maximum absolute atomic E-state index is 5.37. The minimum Gasteiger partial charge on any atom is -0.497 e. The van der Waals surface area contributed by atoms with Crippen molar-refractivity contribution in [2.45, 2.75) is 51.6 Å². The molecule has 1 aromatic carbocycles. The first kappa shape index (κ1) is 17.0. The number of pyridine rings is 1. The Bertz CT molecular complexity index is 661. The van der Waals surface area contributed by atoms with Crippen LogP contribution in [0.3, 0.4) is 0 Å². The molecule has 1 aromatic heterocycles. The first-order valence-electron chi connectivity index (χ1n) is 9.18. The summed E-state index contributed by atoms with van der Waals surface area (Å²) in [5.41, 5.74) is 2.18. The summed E-state index contributed by atoms with van der Waals surface area (Å²) in [5.74, 6) is 0.879. The van der Waals surface area contributed by atoms with Crippen LogP contribution >= 0.6 is 0 Å². The second-order valence-electron chi connectivity index (χ2n) is 6.61. The van der Waals surface area contributed by atoms with Crippen LogP contribution in [0.1, 0.15) is 39.5 Å². The van der Waals surface area contributed by atoms with E-state index in [1.54, 1.807) is 7.11 Å². The summed E-state index contributed by atoms with van der Waals surface area (Å²) in [5, 5.41) is 4.90. The Morgan fingerprint density at radius 1 is 1.12 bits per heavy atom. The van der Waals surface area contributed by atoms with Crippen molar-refractivity contribution in [2.75, 3.05) is 25.5 Å². The number of hydrogen-bond acceptors (Lipinski definition) is 4. The standard InChI is InChI=1S/C20H29N3O/c1-4-23(5-2)16-8-6-15(7-9-16)22-20-12-13-21-19-11-10-17(24-3)14-18(19)20/h10-16H,4-9H2,1-3H3,(H,21,22). The zero-order valence-corrected chi connectivity index (χ0v) is 15.1. The Labute approximate surface area is 145 Å². The third-order valence-electron chi connectivity index (χ3n) is 5.33. The zero-order chi connectivity index (χ0) is 16.9. The lowest BCUT2D eigenvalue weighted by Gasteiger charge is -2.36. The molecule has 1 saturated carbocycles. The third-order valence-corrected chi connectivity index (χ3v) is 5.33. The fourth-order valence-electron chi connectivity index (χ4n) is 3.92. The topological polar surface area (TPSA) is 37.4 Å². The summed E-state index contributed by atoms with van der Waals surface area (Å²) in [6.45, 7) is 6.86. The van der Waals surface area contributed by atoms with Gasteiger partial charge in [0.1, 0.15) is 5.75 Å². The molecule has 3 rings (SSSR count). The van der Waals surface area contributed by atoms with Crippen molar-refractivity contribution in [3.8, 4) is 5.75 Å². The predicted octanol–water partition coefficient (Wildman–Crippen LogP) is 4.31. The molecular weight excluding hydrogens is 298 g/mol. The molecule has 0 radical (unpaired) electrons. The van der Waals surface area contributed by atoms with Gasteiger partial charge in [-0.1, -0.05) is 13.8 Å². The Kier molecular flexibility index (Phi) is 5.56. The highest BCUT2D eigenvalue weighted by molar-refractivity contribution is 5.92. The van der Waals surface area contributed by atoms with Gasteiger partial charge in [0.2, 0.25) is 0 Å². The molecule has 4 heteroatoms. The van der Waals surface area contributed by atoms with Crippen LogP contribution in [-0.4, -0.2) is 42.2 Å². The van der Waals surface area contributed by atoms with Crippen LogP contribution in [0.4, 0.5) is 5.69 Å². The van der Waals surface area contributed by atoms with Crippen LogP contribution in [0.25, 0.3) is 10.9 Å². The van der Waals surface area contributed by atoms with Crippen LogP contribution in [0.15, 0.2) is 30.5 Å². The van der Waals surface area contributed by atoms with Gasteiger partial charge in [-0.3, -0.25) is 4.98 Å². The van der Waals surface area contributed by atoms with Gasteiger partial charge in [0, 0.05) is 29.4 Å². The van der Waals surface area contributed by atoms with E-state index in [-0.39, 0.29) is 0 Å². The number of methoxy groups -OCH3 is 1. The van der Waals surface area contributed by atoms with E-state index in [4.69, 9.17) is 4.74 Å². The Hall–Kier alpha value is -1.81. The smallest absolute Gasteiger partial charge is 0.119 e. The van der Waals surface area contributed by atoms with Crippen molar-refractivity contribution in [3.05, 3.63) is 30.5 Å². The highest BCUT2D eigenvalue weighted by Crippen LogP contribution is 2.30. The third kappa shape index (κ3) is 3.64. The summed E-state index contributed by atoms with van der Waals surface area (Å²) in [6.07, 6.45) is 6.92. The van der Waals surface area contributed by atoms with Crippen LogP contribution in [-0.2, 0) is 0 Å². The van der Waals surface area contributed by atoms with Crippen LogP contribution < -0.4 is 10.1 Å². The quantitative estimate of drug-likeness (QED) is 0.858. The lowest BCUT2D eigenvalue weighted by Crippen LogP contribution is -2.40. The van der Waals surface area contributed by atoms with E-state index < -0.39 is 0 Å². The molecule has 0 atom stereocenters. The minimum atomic E-state index is 0.550. The van der Waals surface area contributed by atoms with Crippen LogP contribution in [0, 0.1) is 0 Å². The number of nitrogens with one attached hydrogen (secondary N) is 1. The van der Waals surface area contributed by atoms with Gasteiger partial charge in [0.05, 0.1) is 12.6 Å². The van der Waals surface area contributed by atoms with E-state index in [0.717, 1.165) is 35.8 Å². The van der Waals surface area contributed by atoms with Crippen LogP contribution in [0.5, 0.6) is 5.75 Å². The average molecular weight is 327 g/mol. The molecule has 0 spiro atoms. The summed E-state index contributed by atoms with van der Waals surface area (Å²) >= 11 is 0. The maximum Gasteiger partial charge on any atom is 0.119 e. The van der Waals surface area contributed by atoms with Crippen molar-refractivity contribution in [2.24, 2.45) is 0 Å². The highest BCUT2D eigenvalue weighted by Gasteiger charge is 2.24. The Morgan fingerprint density at radius 3 is 2.54 bits per heavy atom. The van der Waals surface area contributed by atoms with Gasteiger partial charge in [0.15, 0.2) is 0 Å². The van der Waals surface area contributed by atoms with E-state index in [1.165, 1.54) is 31.4 Å². The molecule has 130 valence electrons. The van der Waals surface area contributed by atoms with E-state index in [2.05, 4.69) is 41.2 Å². The largest absolute Gasteiger partial charge is 0.497 e. The normalized spacial score (nSPS) is 21.2. The first-order chi connectivity index (χ1) is 11.7. The van der Waals surface area contributed by atoms with Gasteiger partial charge >= 0.3 is 0 Å². The van der Waals surface area contributed by atoms with Crippen molar-refractivity contribution in [1.82, 2.24) is 9.88 Å². The molecular formula is C20H29N3O. The van der Waals surface area contributed by atoms with Crippen LogP contribution in [0.2, 0.25) is 0 Å². The molecule has 1 aliphatic carbocycles. The number of benzene rings is 1. The first-order valence-corrected chi connectivity index (χ1v) is 9.18. The fourth-order valence-corrected chi connectivity index (χ4v) is 3.92.